The number of nitrogens with one attached hydrogen (secondary N) is 1. The van der Waals surface area contributed by atoms with E-state index in [0.29, 0.717) is 23.6 Å². The highest BCUT2D eigenvalue weighted by Crippen LogP contribution is 2.68. The molecule has 0 aromatic heterocycles. The van der Waals surface area contributed by atoms with Crippen molar-refractivity contribution in [3.8, 4) is 0 Å². The molecule has 2 unspecified atom stereocenters. The minimum atomic E-state index is -2.00. The van der Waals surface area contributed by atoms with Gasteiger partial charge in [0.2, 0.25) is 0 Å². The molecule has 0 saturated heterocycles. The zero-order chi connectivity index (χ0) is 13.9. The SMILES string of the molecule is CC(=O)C1=C(NC(=O)C(Cl)(Cl)Cl)CC2C1C2(C)C. The van der Waals surface area contributed by atoms with Crippen LogP contribution in [0.4, 0.5) is 0 Å². The molecule has 0 bridgehead atoms. The predicted octanol–water partition coefficient (Wildman–Crippen LogP) is 2.99. The summed E-state index contributed by atoms with van der Waals surface area (Å²) in [7, 11) is 0. The van der Waals surface area contributed by atoms with Gasteiger partial charge >= 0.3 is 0 Å². The van der Waals surface area contributed by atoms with Gasteiger partial charge in [0.25, 0.3) is 9.70 Å². The quantitative estimate of drug-likeness (QED) is 0.797. The Bertz CT molecular complexity index is 462. The van der Waals surface area contributed by atoms with Crippen LogP contribution >= 0.6 is 34.8 Å². The maximum Gasteiger partial charge on any atom is 0.276 e. The molecule has 1 amide bonds. The van der Waals surface area contributed by atoms with E-state index < -0.39 is 9.70 Å². The topological polar surface area (TPSA) is 46.2 Å². The van der Waals surface area contributed by atoms with Crippen molar-refractivity contribution in [1.29, 1.82) is 0 Å². The van der Waals surface area contributed by atoms with Crippen LogP contribution in [0.3, 0.4) is 0 Å². The lowest BCUT2D eigenvalue weighted by molar-refractivity contribution is -0.119. The van der Waals surface area contributed by atoms with Gasteiger partial charge in [0.05, 0.1) is 0 Å². The Morgan fingerprint density at radius 3 is 2.33 bits per heavy atom. The Hall–Kier alpha value is -0.250. The normalized spacial score (nSPS) is 29.0. The van der Waals surface area contributed by atoms with Crippen molar-refractivity contribution in [3.63, 3.8) is 0 Å². The third-order valence-electron chi connectivity index (χ3n) is 4.01. The third kappa shape index (κ3) is 2.17. The van der Waals surface area contributed by atoms with Crippen molar-refractivity contribution in [1.82, 2.24) is 5.32 Å². The second-order valence-electron chi connectivity index (χ2n) is 5.51. The van der Waals surface area contributed by atoms with E-state index in [1.54, 1.807) is 0 Å². The third-order valence-corrected chi connectivity index (χ3v) is 4.53. The van der Waals surface area contributed by atoms with E-state index in [2.05, 4.69) is 19.2 Å². The van der Waals surface area contributed by atoms with Gasteiger partial charge in [-0.3, -0.25) is 9.59 Å². The number of halogens is 3. The molecule has 0 aromatic carbocycles. The first kappa shape index (κ1) is 14.2. The van der Waals surface area contributed by atoms with Crippen LogP contribution < -0.4 is 5.32 Å². The summed E-state index contributed by atoms with van der Waals surface area (Å²) in [4.78, 5) is 23.3. The lowest BCUT2D eigenvalue weighted by Gasteiger charge is -2.17. The number of carbonyl (C=O) groups is 2. The minimum Gasteiger partial charge on any atom is -0.326 e. The maximum atomic E-state index is 11.7. The van der Waals surface area contributed by atoms with Crippen LogP contribution in [-0.2, 0) is 9.59 Å². The average Bonchev–Trinajstić information content (AvgIpc) is 2.59. The van der Waals surface area contributed by atoms with Crippen molar-refractivity contribution >= 4 is 46.5 Å². The Kier molecular flexibility index (Phi) is 3.24. The molecular weight excluding hydrogens is 296 g/mol. The number of carbonyl (C=O) groups excluding carboxylic acids is 2. The average molecular weight is 311 g/mol. The van der Waals surface area contributed by atoms with Crippen LogP contribution in [0.25, 0.3) is 0 Å². The molecule has 2 aliphatic rings. The van der Waals surface area contributed by atoms with Gasteiger partial charge in [-0.25, -0.2) is 0 Å². The first-order chi connectivity index (χ1) is 8.06. The zero-order valence-electron chi connectivity index (χ0n) is 10.3. The Balaban J connectivity index is 2.23. The summed E-state index contributed by atoms with van der Waals surface area (Å²) in [6.07, 6.45) is 0.666. The van der Waals surface area contributed by atoms with E-state index >= 15 is 0 Å². The number of ketones is 1. The van der Waals surface area contributed by atoms with E-state index in [0.717, 1.165) is 0 Å². The monoisotopic (exact) mass is 309 g/mol. The molecule has 1 saturated carbocycles. The van der Waals surface area contributed by atoms with Gasteiger partial charge in [0.15, 0.2) is 5.78 Å². The number of hydrogen-bond donors (Lipinski definition) is 1. The van der Waals surface area contributed by atoms with Crippen LogP contribution in [0.15, 0.2) is 11.3 Å². The van der Waals surface area contributed by atoms with Crippen molar-refractivity contribution in [2.24, 2.45) is 17.3 Å². The smallest absolute Gasteiger partial charge is 0.276 e. The molecule has 3 nitrogen and oxygen atoms in total. The van der Waals surface area contributed by atoms with E-state index in [9.17, 15) is 9.59 Å². The van der Waals surface area contributed by atoms with Gasteiger partial charge < -0.3 is 5.32 Å². The fraction of sp³-hybridized carbons (Fsp3) is 0.667. The molecule has 18 heavy (non-hydrogen) atoms. The summed E-state index contributed by atoms with van der Waals surface area (Å²) in [5.41, 5.74) is 1.44. The number of Topliss-reactive ketones (excluding diaryl/α,β-unsaturated/α-hetero) is 1. The first-order valence-electron chi connectivity index (χ1n) is 5.69. The molecule has 6 heteroatoms. The molecule has 0 aliphatic heterocycles. The van der Waals surface area contributed by atoms with Crippen molar-refractivity contribution in [3.05, 3.63) is 11.3 Å². The van der Waals surface area contributed by atoms with Crippen LogP contribution in [0, 0.1) is 17.3 Å². The summed E-state index contributed by atoms with van der Waals surface area (Å²) in [5.74, 6) is -0.101. The Labute approximate surface area is 121 Å². The van der Waals surface area contributed by atoms with Crippen LogP contribution in [0.1, 0.15) is 27.2 Å². The van der Waals surface area contributed by atoms with Crippen LogP contribution in [0.5, 0.6) is 0 Å². The number of hydrogen-bond acceptors (Lipinski definition) is 2. The van der Waals surface area contributed by atoms with E-state index in [4.69, 9.17) is 34.8 Å². The minimum absolute atomic E-state index is 0.0207. The fourth-order valence-electron chi connectivity index (χ4n) is 2.97. The molecule has 0 spiro atoms. The molecule has 100 valence electrons. The standard InChI is InChI=1S/C12H14Cl3NO2/c1-5(17)8-7(16-10(18)12(13,14)15)4-6-9(8)11(6,2)3/h6,9H,4H2,1-3H3,(H,16,18). The molecule has 0 aromatic rings. The van der Waals surface area contributed by atoms with Gasteiger partial charge in [-0.2, -0.15) is 0 Å². The molecule has 0 radical (unpaired) electrons. The van der Waals surface area contributed by atoms with E-state index in [1.807, 2.05) is 0 Å². The summed E-state index contributed by atoms with van der Waals surface area (Å²) in [5, 5.41) is 2.57. The second-order valence-corrected chi connectivity index (χ2v) is 7.79. The van der Waals surface area contributed by atoms with Gasteiger partial charge in [0.1, 0.15) is 0 Å². The number of rotatable bonds is 2. The fourth-order valence-corrected chi connectivity index (χ4v) is 3.12. The zero-order valence-corrected chi connectivity index (χ0v) is 12.6. The lowest BCUT2D eigenvalue weighted by Crippen LogP contribution is -2.35. The van der Waals surface area contributed by atoms with Crippen molar-refractivity contribution in [2.75, 3.05) is 0 Å². The number of fused-ring (bicyclic) bond motifs is 1. The summed E-state index contributed by atoms with van der Waals surface area (Å²) >= 11 is 16.5. The highest BCUT2D eigenvalue weighted by atomic mass is 35.6. The maximum absolute atomic E-state index is 11.7. The van der Waals surface area contributed by atoms with Crippen LogP contribution in [0.2, 0.25) is 0 Å². The number of alkyl halides is 3. The van der Waals surface area contributed by atoms with Gasteiger partial charge in [-0.05, 0) is 30.6 Å². The molecule has 2 rings (SSSR count). The molecule has 0 heterocycles. The van der Waals surface area contributed by atoms with Crippen LogP contribution in [-0.4, -0.2) is 15.5 Å². The first-order valence-corrected chi connectivity index (χ1v) is 6.82. The Morgan fingerprint density at radius 2 is 1.89 bits per heavy atom. The molecule has 2 atom stereocenters. The molecule has 1 fully saturated rings. The van der Waals surface area contributed by atoms with Gasteiger partial charge in [-0.1, -0.05) is 48.7 Å². The summed E-state index contributed by atoms with van der Waals surface area (Å²) in [6, 6.07) is 0. The molecule has 1 N–H and O–H groups in total. The second kappa shape index (κ2) is 4.12. The summed E-state index contributed by atoms with van der Waals surface area (Å²) in [6.45, 7) is 5.76. The highest BCUT2D eigenvalue weighted by molar-refractivity contribution is 6.76. The number of allylic oxidation sites excluding steroid dienone is 2. The summed E-state index contributed by atoms with van der Waals surface area (Å²) < 4.78 is -2.00. The molecular formula is C12H14Cl3NO2. The largest absolute Gasteiger partial charge is 0.326 e. The predicted molar refractivity (Wildman–Crippen MR) is 71.5 cm³/mol. The number of amides is 1. The lowest BCUT2D eigenvalue weighted by atomic mass is 9.96. The van der Waals surface area contributed by atoms with Crippen molar-refractivity contribution < 1.29 is 9.59 Å². The van der Waals surface area contributed by atoms with E-state index in [-0.39, 0.29) is 17.1 Å². The van der Waals surface area contributed by atoms with Gasteiger partial charge in [-0.15, -0.1) is 0 Å². The highest BCUT2D eigenvalue weighted by Gasteiger charge is 2.64. The van der Waals surface area contributed by atoms with E-state index in [1.165, 1.54) is 6.92 Å². The molecule has 2 aliphatic carbocycles. The Morgan fingerprint density at radius 1 is 1.33 bits per heavy atom. The van der Waals surface area contributed by atoms with Crippen molar-refractivity contribution in [2.45, 2.75) is 31.0 Å². The van der Waals surface area contributed by atoms with Gasteiger partial charge in [0, 0.05) is 11.3 Å².